The lowest BCUT2D eigenvalue weighted by Crippen LogP contribution is -2.23. The van der Waals surface area contributed by atoms with Gasteiger partial charge in [0, 0.05) is 20.2 Å². The first-order valence-corrected chi connectivity index (χ1v) is 5.76. The molecule has 1 fully saturated rings. The highest BCUT2D eigenvalue weighted by Crippen LogP contribution is 2.28. The topological polar surface area (TPSA) is 51.4 Å². The fourth-order valence-electron chi connectivity index (χ4n) is 1.49. The van der Waals surface area contributed by atoms with Crippen molar-refractivity contribution in [3.8, 4) is 0 Å². The largest absolute Gasteiger partial charge is 0.384 e. The summed E-state index contributed by atoms with van der Waals surface area (Å²) in [7, 11) is 2.04. The van der Waals surface area contributed by atoms with Gasteiger partial charge in [0.2, 0.25) is 0 Å². The van der Waals surface area contributed by atoms with Crippen LogP contribution >= 0.6 is 0 Å². The molecular weight excluding hydrogens is 202 g/mol. The van der Waals surface area contributed by atoms with E-state index in [0.29, 0.717) is 5.82 Å². The molecule has 0 saturated heterocycles. The lowest BCUT2D eigenvalue weighted by Gasteiger charge is -2.18. The Bertz CT molecular complexity index is 322. The van der Waals surface area contributed by atoms with Gasteiger partial charge < -0.3 is 15.4 Å². The Morgan fingerprint density at radius 3 is 2.94 bits per heavy atom. The van der Waals surface area contributed by atoms with Crippen LogP contribution in [-0.2, 0) is 4.74 Å². The number of hydrogen-bond donors (Lipinski definition) is 1. The van der Waals surface area contributed by atoms with Crippen molar-refractivity contribution in [3.05, 3.63) is 18.3 Å². The Hall–Kier alpha value is -1.29. The summed E-state index contributed by atoms with van der Waals surface area (Å²) in [4.78, 5) is 6.19. The second-order valence-corrected chi connectivity index (χ2v) is 4.38. The summed E-state index contributed by atoms with van der Waals surface area (Å²) in [6.07, 6.45) is 4.48. The van der Waals surface area contributed by atoms with Crippen LogP contribution in [0, 0.1) is 5.92 Å². The van der Waals surface area contributed by atoms with Crippen LogP contribution < -0.4 is 10.6 Å². The van der Waals surface area contributed by atoms with Crippen LogP contribution in [0.5, 0.6) is 0 Å². The highest BCUT2D eigenvalue weighted by molar-refractivity contribution is 5.47. The van der Waals surface area contributed by atoms with Crippen molar-refractivity contribution in [1.29, 1.82) is 0 Å². The Kier molecular flexibility index (Phi) is 3.62. The molecule has 1 aliphatic rings. The number of nitrogens with two attached hydrogens (primary N) is 1. The number of nitrogen functional groups attached to an aromatic ring is 1. The van der Waals surface area contributed by atoms with Gasteiger partial charge in [0.15, 0.2) is 0 Å². The van der Waals surface area contributed by atoms with Crippen molar-refractivity contribution >= 4 is 11.5 Å². The minimum atomic E-state index is 0.558. The van der Waals surface area contributed by atoms with Gasteiger partial charge in [-0.05, 0) is 30.9 Å². The van der Waals surface area contributed by atoms with Gasteiger partial charge in [-0.3, -0.25) is 0 Å². The van der Waals surface area contributed by atoms with Crippen LogP contribution in [-0.4, -0.2) is 31.8 Å². The van der Waals surface area contributed by atoms with Gasteiger partial charge in [-0.1, -0.05) is 0 Å². The van der Waals surface area contributed by atoms with Crippen LogP contribution in [0.4, 0.5) is 11.5 Å². The van der Waals surface area contributed by atoms with Crippen LogP contribution in [0.25, 0.3) is 0 Å². The second kappa shape index (κ2) is 5.16. The van der Waals surface area contributed by atoms with Crippen molar-refractivity contribution in [2.75, 3.05) is 37.4 Å². The van der Waals surface area contributed by atoms with E-state index in [-0.39, 0.29) is 0 Å². The van der Waals surface area contributed by atoms with Gasteiger partial charge >= 0.3 is 0 Å². The highest BCUT2D eigenvalue weighted by atomic mass is 16.5. The zero-order chi connectivity index (χ0) is 11.4. The Morgan fingerprint density at radius 1 is 1.50 bits per heavy atom. The molecule has 0 atom stereocenters. The summed E-state index contributed by atoms with van der Waals surface area (Å²) < 4.78 is 5.59. The van der Waals surface area contributed by atoms with Crippen LogP contribution in [0.1, 0.15) is 12.8 Å². The molecule has 0 radical (unpaired) electrons. The molecule has 0 unspecified atom stereocenters. The van der Waals surface area contributed by atoms with Gasteiger partial charge in [-0.2, -0.15) is 0 Å². The summed E-state index contributed by atoms with van der Waals surface area (Å²) in [6, 6.07) is 3.79. The molecule has 1 saturated carbocycles. The number of aromatic nitrogens is 1. The summed E-state index contributed by atoms with van der Waals surface area (Å²) in [5, 5.41) is 0. The lowest BCUT2D eigenvalue weighted by atomic mass is 10.3. The third-order valence-electron chi connectivity index (χ3n) is 2.83. The third-order valence-corrected chi connectivity index (χ3v) is 2.83. The van der Waals surface area contributed by atoms with Gasteiger partial charge in [0.1, 0.15) is 5.82 Å². The molecule has 0 aromatic carbocycles. The molecule has 0 bridgehead atoms. The van der Waals surface area contributed by atoms with E-state index >= 15 is 0 Å². The molecule has 88 valence electrons. The first-order chi connectivity index (χ1) is 7.75. The number of pyridine rings is 1. The van der Waals surface area contributed by atoms with Gasteiger partial charge in [-0.25, -0.2) is 4.98 Å². The summed E-state index contributed by atoms with van der Waals surface area (Å²) in [5.74, 6) is 1.39. The Balaban J connectivity index is 1.69. The average Bonchev–Trinajstić information content (AvgIpc) is 3.09. The molecule has 0 aliphatic heterocycles. The summed E-state index contributed by atoms with van der Waals surface area (Å²) in [5.41, 5.74) is 6.61. The minimum absolute atomic E-state index is 0.558. The fourth-order valence-corrected chi connectivity index (χ4v) is 1.49. The average molecular weight is 221 g/mol. The van der Waals surface area contributed by atoms with Crippen molar-refractivity contribution in [2.45, 2.75) is 12.8 Å². The zero-order valence-electron chi connectivity index (χ0n) is 9.72. The first kappa shape index (κ1) is 11.2. The smallest absolute Gasteiger partial charge is 0.123 e. The second-order valence-electron chi connectivity index (χ2n) is 4.38. The predicted octanol–water partition coefficient (Wildman–Crippen LogP) is 1.53. The van der Waals surface area contributed by atoms with E-state index in [1.54, 1.807) is 6.20 Å². The summed E-state index contributed by atoms with van der Waals surface area (Å²) >= 11 is 0. The predicted molar refractivity (Wildman–Crippen MR) is 65.5 cm³/mol. The minimum Gasteiger partial charge on any atom is -0.384 e. The van der Waals surface area contributed by atoms with E-state index in [0.717, 1.165) is 31.4 Å². The number of anilines is 2. The van der Waals surface area contributed by atoms with Gasteiger partial charge in [0.25, 0.3) is 0 Å². The lowest BCUT2D eigenvalue weighted by molar-refractivity contribution is 0.131. The monoisotopic (exact) mass is 221 g/mol. The molecule has 0 amide bonds. The quantitative estimate of drug-likeness (QED) is 0.740. The van der Waals surface area contributed by atoms with E-state index in [1.807, 2.05) is 19.2 Å². The van der Waals surface area contributed by atoms with Gasteiger partial charge in [-0.15, -0.1) is 0 Å². The van der Waals surface area contributed by atoms with Crippen molar-refractivity contribution in [3.63, 3.8) is 0 Å². The number of likely N-dealkylation sites (N-methyl/N-ethyl adjacent to an activating group) is 1. The molecule has 2 N–H and O–H groups in total. The van der Waals surface area contributed by atoms with E-state index in [9.17, 15) is 0 Å². The number of nitrogens with zero attached hydrogens (tertiary/aromatic N) is 2. The fraction of sp³-hybridized carbons (Fsp3) is 0.583. The molecule has 0 spiro atoms. The van der Waals surface area contributed by atoms with Crippen LogP contribution in [0.2, 0.25) is 0 Å². The standard InChI is InChI=1S/C12H19N3O/c1-15(6-7-16-9-10-2-3-10)11-4-5-12(13)14-8-11/h4-5,8,10H,2-3,6-7,9H2,1H3,(H2,13,14). The molecule has 1 aliphatic carbocycles. The Morgan fingerprint density at radius 2 is 2.31 bits per heavy atom. The molecule has 1 aromatic rings. The molecular formula is C12H19N3O. The highest BCUT2D eigenvalue weighted by Gasteiger charge is 2.20. The third kappa shape index (κ3) is 3.38. The van der Waals surface area contributed by atoms with E-state index in [4.69, 9.17) is 10.5 Å². The van der Waals surface area contributed by atoms with E-state index in [2.05, 4.69) is 9.88 Å². The maximum Gasteiger partial charge on any atom is 0.123 e. The Labute approximate surface area is 96.4 Å². The number of rotatable bonds is 6. The van der Waals surface area contributed by atoms with Gasteiger partial charge in [0.05, 0.1) is 18.5 Å². The van der Waals surface area contributed by atoms with E-state index < -0.39 is 0 Å². The number of ether oxygens (including phenoxy) is 1. The molecule has 16 heavy (non-hydrogen) atoms. The number of hydrogen-bond acceptors (Lipinski definition) is 4. The van der Waals surface area contributed by atoms with Crippen LogP contribution in [0.3, 0.4) is 0 Å². The van der Waals surface area contributed by atoms with Crippen molar-refractivity contribution in [1.82, 2.24) is 4.98 Å². The maximum absolute atomic E-state index is 5.59. The molecule has 1 aromatic heterocycles. The molecule has 4 heteroatoms. The molecule has 1 heterocycles. The normalized spacial score (nSPS) is 15.1. The molecule has 2 rings (SSSR count). The van der Waals surface area contributed by atoms with Crippen molar-refractivity contribution in [2.24, 2.45) is 5.92 Å². The zero-order valence-corrected chi connectivity index (χ0v) is 9.72. The van der Waals surface area contributed by atoms with E-state index in [1.165, 1.54) is 12.8 Å². The maximum atomic E-state index is 5.59. The van der Waals surface area contributed by atoms with Crippen LogP contribution in [0.15, 0.2) is 18.3 Å². The first-order valence-electron chi connectivity index (χ1n) is 5.76. The molecule has 4 nitrogen and oxygen atoms in total. The van der Waals surface area contributed by atoms with Crippen molar-refractivity contribution < 1.29 is 4.74 Å². The SMILES string of the molecule is CN(CCOCC1CC1)c1ccc(N)nc1. The summed E-state index contributed by atoms with van der Waals surface area (Å²) in [6.45, 7) is 2.59.